The largest absolute Gasteiger partial charge is 0.382 e. The van der Waals surface area contributed by atoms with Crippen molar-refractivity contribution in [1.82, 2.24) is 0 Å². The Hall–Kier alpha value is -0.980. The molecule has 0 bridgehead atoms. The predicted molar refractivity (Wildman–Crippen MR) is 75.5 cm³/mol. The quantitative estimate of drug-likeness (QED) is 0.796. The van der Waals surface area contributed by atoms with E-state index in [-0.39, 0.29) is 0 Å². The zero-order chi connectivity index (χ0) is 12.1. The van der Waals surface area contributed by atoms with Gasteiger partial charge in [-0.3, -0.25) is 0 Å². The lowest BCUT2D eigenvalue weighted by Crippen LogP contribution is -2.30. The van der Waals surface area contributed by atoms with Gasteiger partial charge < -0.3 is 5.32 Å². The fourth-order valence-electron chi connectivity index (χ4n) is 2.88. The minimum Gasteiger partial charge on any atom is -0.382 e. The van der Waals surface area contributed by atoms with Crippen LogP contribution in [0, 0.1) is 5.92 Å². The van der Waals surface area contributed by atoms with E-state index in [0.717, 1.165) is 5.92 Å². The summed E-state index contributed by atoms with van der Waals surface area (Å²) >= 11 is 0. The van der Waals surface area contributed by atoms with Gasteiger partial charge in [0.1, 0.15) is 0 Å². The number of rotatable bonds is 4. The molecule has 2 rings (SSSR count). The Labute approximate surface area is 106 Å². The summed E-state index contributed by atoms with van der Waals surface area (Å²) in [6.45, 7) is 4.64. The molecular formula is C16H25N. The highest BCUT2D eigenvalue weighted by molar-refractivity contribution is 5.52. The molecule has 1 N–H and O–H groups in total. The van der Waals surface area contributed by atoms with Crippen LogP contribution in [0.15, 0.2) is 24.3 Å². The van der Waals surface area contributed by atoms with E-state index < -0.39 is 0 Å². The van der Waals surface area contributed by atoms with Crippen LogP contribution in [0.3, 0.4) is 0 Å². The van der Waals surface area contributed by atoms with Gasteiger partial charge >= 0.3 is 0 Å². The van der Waals surface area contributed by atoms with E-state index in [1.807, 2.05) is 0 Å². The zero-order valence-electron chi connectivity index (χ0n) is 11.2. The van der Waals surface area contributed by atoms with Crippen molar-refractivity contribution in [1.29, 1.82) is 0 Å². The van der Waals surface area contributed by atoms with Crippen LogP contribution in [0.25, 0.3) is 0 Å². The minimum atomic E-state index is 0.682. The van der Waals surface area contributed by atoms with Gasteiger partial charge in [-0.2, -0.15) is 0 Å². The van der Waals surface area contributed by atoms with E-state index >= 15 is 0 Å². The number of anilines is 1. The Bertz CT molecular complexity index is 345. The van der Waals surface area contributed by atoms with Crippen molar-refractivity contribution in [3.05, 3.63) is 29.8 Å². The van der Waals surface area contributed by atoms with Gasteiger partial charge in [0.05, 0.1) is 0 Å². The van der Waals surface area contributed by atoms with E-state index in [4.69, 9.17) is 0 Å². The highest BCUT2D eigenvalue weighted by Crippen LogP contribution is 2.28. The highest BCUT2D eigenvalue weighted by atomic mass is 14.9. The second-order valence-electron chi connectivity index (χ2n) is 5.42. The van der Waals surface area contributed by atoms with Crippen LogP contribution in [0.1, 0.15) is 51.5 Å². The second-order valence-corrected chi connectivity index (χ2v) is 5.42. The Kier molecular flexibility index (Phi) is 4.47. The second kappa shape index (κ2) is 6.09. The normalized spacial score (nSPS) is 24.6. The Morgan fingerprint density at radius 2 is 1.94 bits per heavy atom. The molecule has 1 aliphatic carbocycles. The van der Waals surface area contributed by atoms with Crippen molar-refractivity contribution < 1.29 is 0 Å². The maximum atomic E-state index is 3.78. The number of para-hydroxylation sites is 1. The monoisotopic (exact) mass is 231 g/mol. The summed E-state index contributed by atoms with van der Waals surface area (Å²) in [5, 5.41) is 3.78. The van der Waals surface area contributed by atoms with E-state index in [9.17, 15) is 0 Å². The maximum absolute atomic E-state index is 3.78. The molecule has 0 aliphatic heterocycles. The van der Waals surface area contributed by atoms with Crippen LogP contribution in [0.2, 0.25) is 0 Å². The molecule has 1 aromatic rings. The van der Waals surface area contributed by atoms with Crippen LogP contribution in [-0.4, -0.2) is 6.04 Å². The fourth-order valence-corrected chi connectivity index (χ4v) is 2.88. The number of hydrogen-bond acceptors (Lipinski definition) is 1. The highest BCUT2D eigenvalue weighted by Gasteiger charge is 2.21. The molecular weight excluding hydrogens is 206 g/mol. The predicted octanol–water partition coefficient (Wildman–Crippen LogP) is 4.63. The molecule has 0 heterocycles. The molecule has 1 aliphatic rings. The molecule has 2 unspecified atom stereocenters. The van der Waals surface area contributed by atoms with Gasteiger partial charge in [-0.1, -0.05) is 51.3 Å². The summed E-state index contributed by atoms with van der Waals surface area (Å²) in [5.74, 6) is 0.818. The molecule has 0 spiro atoms. The van der Waals surface area contributed by atoms with Gasteiger partial charge in [-0.05, 0) is 36.8 Å². The van der Waals surface area contributed by atoms with Crippen molar-refractivity contribution in [3.63, 3.8) is 0 Å². The molecule has 0 radical (unpaired) electrons. The van der Waals surface area contributed by atoms with Crippen LogP contribution < -0.4 is 5.32 Å². The third kappa shape index (κ3) is 3.24. The Balaban J connectivity index is 2.06. The molecule has 0 aromatic heterocycles. The number of aryl methyl sites for hydroxylation is 1. The third-order valence-corrected chi connectivity index (χ3v) is 3.99. The number of benzene rings is 1. The molecule has 94 valence electrons. The van der Waals surface area contributed by atoms with Gasteiger partial charge in [0.25, 0.3) is 0 Å². The van der Waals surface area contributed by atoms with Gasteiger partial charge in [-0.25, -0.2) is 0 Å². The van der Waals surface area contributed by atoms with Gasteiger partial charge in [0, 0.05) is 11.7 Å². The molecule has 1 heteroatoms. The van der Waals surface area contributed by atoms with E-state index in [1.54, 1.807) is 0 Å². The van der Waals surface area contributed by atoms with E-state index in [2.05, 4.69) is 43.4 Å². The lowest BCUT2D eigenvalue weighted by Gasteiger charge is -2.31. The molecule has 17 heavy (non-hydrogen) atoms. The number of hydrogen-bond donors (Lipinski definition) is 1. The minimum absolute atomic E-state index is 0.682. The Morgan fingerprint density at radius 3 is 2.71 bits per heavy atom. The van der Waals surface area contributed by atoms with E-state index in [1.165, 1.54) is 49.8 Å². The first-order valence-corrected chi connectivity index (χ1v) is 7.15. The van der Waals surface area contributed by atoms with Crippen molar-refractivity contribution in [2.24, 2.45) is 5.92 Å². The van der Waals surface area contributed by atoms with Gasteiger partial charge in [0.2, 0.25) is 0 Å². The first-order valence-electron chi connectivity index (χ1n) is 7.15. The van der Waals surface area contributed by atoms with Crippen LogP contribution in [0.4, 0.5) is 5.69 Å². The van der Waals surface area contributed by atoms with Crippen LogP contribution >= 0.6 is 0 Å². The average Bonchev–Trinajstić information content (AvgIpc) is 2.35. The first-order chi connectivity index (χ1) is 8.31. The molecule has 0 amide bonds. The summed E-state index contributed by atoms with van der Waals surface area (Å²) in [6.07, 6.45) is 7.92. The summed E-state index contributed by atoms with van der Waals surface area (Å²) in [4.78, 5) is 0. The summed E-state index contributed by atoms with van der Waals surface area (Å²) in [5.41, 5.74) is 2.85. The smallest absolute Gasteiger partial charge is 0.0374 e. The lowest BCUT2D eigenvalue weighted by molar-refractivity contribution is 0.349. The maximum Gasteiger partial charge on any atom is 0.0374 e. The molecule has 2 atom stereocenters. The lowest BCUT2D eigenvalue weighted by atomic mass is 9.85. The van der Waals surface area contributed by atoms with Crippen LogP contribution in [-0.2, 0) is 6.42 Å². The van der Waals surface area contributed by atoms with E-state index in [0.29, 0.717) is 6.04 Å². The zero-order valence-corrected chi connectivity index (χ0v) is 11.2. The van der Waals surface area contributed by atoms with Crippen LogP contribution in [0.5, 0.6) is 0 Å². The Morgan fingerprint density at radius 1 is 1.18 bits per heavy atom. The first kappa shape index (κ1) is 12.5. The topological polar surface area (TPSA) is 12.0 Å². The standard InChI is InChI=1S/C16H25N/c1-3-8-14-10-5-7-12-16(14)17-15-11-6-4-9-13(15)2/h5,7,10,12-13,15,17H,3-4,6,8-9,11H2,1-2H3. The summed E-state index contributed by atoms with van der Waals surface area (Å²) < 4.78 is 0. The van der Waals surface area contributed by atoms with Gasteiger partial charge in [0.15, 0.2) is 0 Å². The number of nitrogens with one attached hydrogen (secondary N) is 1. The summed E-state index contributed by atoms with van der Waals surface area (Å²) in [6, 6.07) is 9.49. The van der Waals surface area contributed by atoms with Crippen molar-refractivity contribution >= 4 is 5.69 Å². The molecule has 0 saturated heterocycles. The fraction of sp³-hybridized carbons (Fsp3) is 0.625. The van der Waals surface area contributed by atoms with Crippen molar-refractivity contribution in [2.45, 2.75) is 58.4 Å². The van der Waals surface area contributed by atoms with Crippen molar-refractivity contribution in [3.8, 4) is 0 Å². The molecule has 1 aromatic carbocycles. The SMILES string of the molecule is CCCc1ccccc1NC1CCCCC1C. The third-order valence-electron chi connectivity index (χ3n) is 3.99. The van der Waals surface area contributed by atoms with Gasteiger partial charge in [-0.15, -0.1) is 0 Å². The summed E-state index contributed by atoms with van der Waals surface area (Å²) in [7, 11) is 0. The molecule has 1 saturated carbocycles. The molecule has 1 fully saturated rings. The molecule has 1 nitrogen and oxygen atoms in total. The average molecular weight is 231 g/mol. The van der Waals surface area contributed by atoms with Crippen molar-refractivity contribution in [2.75, 3.05) is 5.32 Å².